The summed E-state index contributed by atoms with van der Waals surface area (Å²) < 4.78 is 27.5. The topological polar surface area (TPSA) is 21.3 Å². The van der Waals surface area contributed by atoms with Crippen LogP contribution in [0.3, 0.4) is 0 Å². The highest BCUT2D eigenvalue weighted by molar-refractivity contribution is 5.34. The molecule has 90 valence electrons. The molecule has 0 radical (unpaired) electrons. The van der Waals surface area contributed by atoms with Crippen molar-refractivity contribution < 1.29 is 13.6 Å². The van der Waals surface area contributed by atoms with E-state index >= 15 is 0 Å². The van der Waals surface area contributed by atoms with Gasteiger partial charge in [-0.2, -0.15) is 0 Å². The summed E-state index contributed by atoms with van der Waals surface area (Å²) in [6.07, 6.45) is 3.96. The van der Waals surface area contributed by atoms with Crippen molar-refractivity contribution >= 4 is 0 Å². The Labute approximate surface area is 98.2 Å². The highest BCUT2D eigenvalue weighted by atomic mass is 19.1. The van der Waals surface area contributed by atoms with E-state index in [0.29, 0.717) is 5.92 Å². The highest BCUT2D eigenvalue weighted by Crippen LogP contribution is 2.42. The first-order chi connectivity index (χ1) is 8.10. The first kappa shape index (κ1) is 10.7. The predicted molar refractivity (Wildman–Crippen MR) is 58.7 cm³/mol. The minimum absolute atomic E-state index is 0.00986. The maximum atomic E-state index is 13.7. The molecule has 1 saturated carbocycles. The Morgan fingerprint density at radius 2 is 1.94 bits per heavy atom. The van der Waals surface area contributed by atoms with E-state index in [1.165, 1.54) is 18.2 Å². The molecule has 0 aromatic heterocycles. The van der Waals surface area contributed by atoms with Crippen LogP contribution in [0.4, 0.5) is 8.78 Å². The number of nitrogens with one attached hydrogen (secondary N) is 1. The third kappa shape index (κ3) is 1.72. The number of hydrogen-bond donors (Lipinski definition) is 1. The summed E-state index contributed by atoms with van der Waals surface area (Å²) in [5, 5.41) is 0. The lowest BCUT2D eigenvalue weighted by Crippen LogP contribution is -2.34. The van der Waals surface area contributed by atoms with Crippen LogP contribution in [0, 0.1) is 17.6 Å². The number of allylic oxidation sites excluding steroid dienone is 1. The molecule has 1 N–H and O–H groups in total. The van der Waals surface area contributed by atoms with Crippen molar-refractivity contribution in [1.82, 2.24) is 5.48 Å². The molecule has 1 fully saturated rings. The van der Waals surface area contributed by atoms with E-state index in [0.717, 1.165) is 18.6 Å². The Morgan fingerprint density at radius 3 is 2.53 bits per heavy atom. The Kier molecular flexibility index (Phi) is 2.23. The van der Waals surface area contributed by atoms with Crippen molar-refractivity contribution in [3.05, 3.63) is 47.2 Å². The van der Waals surface area contributed by atoms with Crippen molar-refractivity contribution in [1.29, 1.82) is 0 Å². The van der Waals surface area contributed by atoms with E-state index in [4.69, 9.17) is 4.84 Å². The number of benzene rings is 1. The van der Waals surface area contributed by atoms with Gasteiger partial charge in [0, 0.05) is 5.92 Å². The lowest BCUT2D eigenvalue weighted by atomic mass is 9.91. The van der Waals surface area contributed by atoms with Gasteiger partial charge < -0.3 is 4.84 Å². The van der Waals surface area contributed by atoms with Gasteiger partial charge in [0.25, 0.3) is 0 Å². The second-order valence-corrected chi connectivity index (χ2v) is 4.82. The largest absolute Gasteiger partial charge is 0.412 e. The van der Waals surface area contributed by atoms with Crippen LogP contribution in [-0.2, 0) is 10.4 Å². The molecule has 0 bridgehead atoms. The quantitative estimate of drug-likeness (QED) is 0.853. The third-order valence-electron chi connectivity index (χ3n) is 3.27. The second kappa shape index (κ2) is 3.53. The van der Waals surface area contributed by atoms with Crippen LogP contribution in [-0.4, -0.2) is 0 Å². The smallest absolute Gasteiger partial charge is 0.131 e. The SMILES string of the molecule is CC1(c2c(F)cccc2F)C=C(C2CC2)ON1. The highest BCUT2D eigenvalue weighted by Gasteiger charge is 2.41. The lowest BCUT2D eigenvalue weighted by Gasteiger charge is -2.22. The second-order valence-electron chi connectivity index (χ2n) is 4.82. The minimum atomic E-state index is -0.923. The normalized spacial score (nSPS) is 27.8. The average molecular weight is 237 g/mol. The van der Waals surface area contributed by atoms with Crippen molar-refractivity contribution in [2.75, 3.05) is 0 Å². The molecule has 17 heavy (non-hydrogen) atoms. The molecule has 2 aliphatic rings. The van der Waals surface area contributed by atoms with Gasteiger partial charge in [-0.1, -0.05) is 6.07 Å². The van der Waals surface area contributed by atoms with E-state index in [2.05, 4.69) is 5.48 Å². The molecule has 0 amide bonds. The van der Waals surface area contributed by atoms with E-state index in [9.17, 15) is 8.78 Å². The minimum Gasteiger partial charge on any atom is -0.412 e. The van der Waals surface area contributed by atoms with Crippen molar-refractivity contribution in [3.8, 4) is 0 Å². The van der Waals surface area contributed by atoms with Gasteiger partial charge in [-0.15, -0.1) is 5.48 Å². The molecule has 1 aromatic rings. The van der Waals surface area contributed by atoms with Crippen molar-refractivity contribution in [2.45, 2.75) is 25.3 Å². The van der Waals surface area contributed by atoms with E-state index in [-0.39, 0.29) is 5.56 Å². The summed E-state index contributed by atoms with van der Waals surface area (Å²) in [5.41, 5.74) is 1.82. The van der Waals surface area contributed by atoms with Crippen LogP contribution in [0.25, 0.3) is 0 Å². The maximum absolute atomic E-state index is 13.7. The molecular weight excluding hydrogens is 224 g/mol. The fourth-order valence-corrected chi connectivity index (χ4v) is 2.19. The molecule has 1 aromatic carbocycles. The van der Waals surface area contributed by atoms with E-state index in [1.807, 2.05) is 0 Å². The van der Waals surface area contributed by atoms with Gasteiger partial charge in [-0.05, 0) is 38.0 Å². The molecule has 2 nitrogen and oxygen atoms in total. The zero-order valence-corrected chi connectivity index (χ0v) is 9.47. The van der Waals surface area contributed by atoms with Gasteiger partial charge >= 0.3 is 0 Å². The van der Waals surface area contributed by atoms with Gasteiger partial charge in [0.2, 0.25) is 0 Å². The summed E-state index contributed by atoms with van der Waals surface area (Å²) >= 11 is 0. The van der Waals surface area contributed by atoms with Crippen LogP contribution in [0.5, 0.6) is 0 Å². The van der Waals surface area contributed by atoms with Gasteiger partial charge in [0.05, 0.1) is 5.56 Å². The zero-order chi connectivity index (χ0) is 12.0. The van der Waals surface area contributed by atoms with Crippen LogP contribution >= 0.6 is 0 Å². The van der Waals surface area contributed by atoms with Crippen molar-refractivity contribution in [3.63, 3.8) is 0 Å². The zero-order valence-electron chi connectivity index (χ0n) is 9.47. The number of hydroxylamine groups is 1. The summed E-state index contributed by atoms with van der Waals surface area (Å²) in [6, 6.07) is 3.88. The fourth-order valence-electron chi connectivity index (χ4n) is 2.19. The Hall–Kier alpha value is -1.42. The summed E-state index contributed by atoms with van der Waals surface area (Å²) in [4.78, 5) is 5.33. The van der Waals surface area contributed by atoms with Crippen molar-refractivity contribution in [2.24, 2.45) is 5.92 Å². The van der Waals surface area contributed by atoms with Gasteiger partial charge in [-0.3, -0.25) is 0 Å². The Balaban J connectivity index is 2.03. The number of hydrogen-bond acceptors (Lipinski definition) is 2. The standard InChI is InChI=1S/C13H13F2NO/c1-13(7-11(17-16-13)8-5-6-8)12-9(14)3-2-4-10(12)15/h2-4,7-8,16H,5-6H2,1H3. The molecule has 1 unspecified atom stereocenters. The average Bonchev–Trinajstić information content (AvgIpc) is 3.03. The third-order valence-corrected chi connectivity index (χ3v) is 3.27. The maximum Gasteiger partial charge on any atom is 0.131 e. The van der Waals surface area contributed by atoms with Crippen LogP contribution < -0.4 is 5.48 Å². The monoisotopic (exact) mass is 237 g/mol. The first-order valence-electron chi connectivity index (χ1n) is 5.71. The van der Waals surface area contributed by atoms with Gasteiger partial charge in [0.15, 0.2) is 0 Å². The molecule has 1 aliphatic heterocycles. The summed E-state index contributed by atoms with van der Waals surface area (Å²) in [6.45, 7) is 1.71. The van der Waals surface area contributed by atoms with Gasteiger partial charge in [-0.25, -0.2) is 8.78 Å². The summed E-state index contributed by atoms with van der Waals surface area (Å²) in [5.74, 6) is 0.100. The molecule has 1 aliphatic carbocycles. The lowest BCUT2D eigenvalue weighted by molar-refractivity contribution is 0.0737. The number of rotatable bonds is 2. The molecule has 4 heteroatoms. The molecular formula is C13H13F2NO. The Morgan fingerprint density at radius 1 is 1.29 bits per heavy atom. The summed E-state index contributed by atoms with van der Waals surface area (Å²) in [7, 11) is 0. The molecule has 0 saturated heterocycles. The number of halogens is 2. The van der Waals surface area contributed by atoms with Crippen LogP contribution in [0.15, 0.2) is 30.0 Å². The van der Waals surface area contributed by atoms with Gasteiger partial charge in [0.1, 0.15) is 22.9 Å². The van der Waals surface area contributed by atoms with Crippen LogP contribution in [0.1, 0.15) is 25.3 Å². The molecule has 1 atom stereocenters. The Bertz CT molecular complexity index is 476. The van der Waals surface area contributed by atoms with E-state index < -0.39 is 17.2 Å². The fraction of sp³-hybridized carbons (Fsp3) is 0.385. The molecule has 1 heterocycles. The first-order valence-corrected chi connectivity index (χ1v) is 5.71. The van der Waals surface area contributed by atoms with Crippen LogP contribution in [0.2, 0.25) is 0 Å². The molecule has 0 spiro atoms. The van der Waals surface area contributed by atoms with E-state index in [1.54, 1.807) is 13.0 Å². The predicted octanol–water partition coefficient (Wildman–Crippen LogP) is 3.01. The molecule has 3 rings (SSSR count).